The number of methoxy groups -OCH3 is 1. The van der Waals surface area contributed by atoms with E-state index in [2.05, 4.69) is 10.1 Å². The van der Waals surface area contributed by atoms with Crippen molar-refractivity contribution in [2.75, 3.05) is 12.4 Å². The van der Waals surface area contributed by atoms with Crippen molar-refractivity contribution in [3.8, 4) is 11.3 Å². The number of carbonyl (C=O) groups is 1. The van der Waals surface area contributed by atoms with Crippen LogP contribution >= 0.6 is 12.2 Å². The predicted octanol–water partition coefficient (Wildman–Crippen LogP) is 2.39. The van der Waals surface area contributed by atoms with Crippen LogP contribution in [0, 0.1) is 0 Å². The molecule has 3 N–H and O–H groups in total. The van der Waals surface area contributed by atoms with Crippen LogP contribution in [0.25, 0.3) is 11.3 Å². The van der Waals surface area contributed by atoms with E-state index in [0.717, 1.165) is 11.3 Å². The number of rotatable bonds is 3. The van der Waals surface area contributed by atoms with Gasteiger partial charge in [-0.2, -0.15) is 0 Å². The van der Waals surface area contributed by atoms with Gasteiger partial charge >= 0.3 is 5.97 Å². The van der Waals surface area contributed by atoms with E-state index in [-0.39, 0.29) is 10.9 Å². The van der Waals surface area contributed by atoms with Gasteiger partial charge in [0.05, 0.1) is 7.11 Å². The van der Waals surface area contributed by atoms with E-state index >= 15 is 0 Å². The molecule has 1 aromatic carbocycles. The van der Waals surface area contributed by atoms with Crippen LogP contribution in [0.5, 0.6) is 0 Å². The predicted molar refractivity (Wildman–Crippen MR) is 75.9 cm³/mol. The third kappa shape index (κ3) is 3.11. The largest absolute Gasteiger partial charge is 0.463 e. The van der Waals surface area contributed by atoms with Gasteiger partial charge in [-0.15, -0.1) is 0 Å². The Kier molecular flexibility index (Phi) is 3.82. The van der Waals surface area contributed by atoms with E-state index in [1.54, 1.807) is 12.1 Å². The van der Waals surface area contributed by atoms with E-state index in [0.29, 0.717) is 5.76 Å². The number of hydrogen-bond donors (Lipinski definition) is 2. The van der Waals surface area contributed by atoms with Gasteiger partial charge in [0.2, 0.25) is 5.76 Å². The number of esters is 1. The van der Waals surface area contributed by atoms with Crippen LogP contribution in [-0.4, -0.2) is 18.2 Å². The van der Waals surface area contributed by atoms with Crippen molar-refractivity contribution in [3.63, 3.8) is 0 Å². The minimum atomic E-state index is -0.502. The Morgan fingerprint density at radius 1 is 1.26 bits per heavy atom. The van der Waals surface area contributed by atoms with Crippen molar-refractivity contribution in [3.05, 3.63) is 42.2 Å². The highest BCUT2D eigenvalue weighted by atomic mass is 32.1. The minimum Gasteiger partial charge on any atom is -0.463 e. The van der Waals surface area contributed by atoms with Gasteiger partial charge in [0, 0.05) is 11.3 Å². The summed E-state index contributed by atoms with van der Waals surface area (Å²) in [5, 5.41) is 3.03. The Morgan fingerprint density at radius 3 is 2.53 bits per heavy atom. The highest BCUT2D eigenvalue weighted by molar-refractivity contribution is 7.80. The maximum Gasteiger partial charge on any atom is 0.373 e. The lowest BCUT2D eigenvalue weighted by Gasteiger charge is -2.04. The van der Waals surface area contributed by atoms with Crippen LogP contribution in [0.1, 0.15) is 10.6 Å². The minimum absolute atomic E-state index is 0.169. The zero-order chi connectivity index (χ0) is 13.8. The Bertz CT molecular complexity index is 605. The third-order valence-corrected chi connectivity index (χ3v) is 2.53. The molecule has 2 aromatic rings. The zero-order valence-electron chi connectivity index (χ0n) is 10.2. The van der Waals surface area contributed by atoms with Gasteiger partial charge in [-0.25, -0.2) is 4.79 Å². The second kappa shape index (κ2) is 5.53. The number of furan rings is 1. The zero-order valence-corrected chi connectivity index (χ0v) is 11.0. The standard InChI is InChI=1S/C13H12N2O3S/c1-17-12(16)11-7-6-10(18-11)8-2-4-9(5-3-8)15-13(14)19/h2-7H,1H3,(H3,14,15,19). The maximum absolute atomic E-state index is 11.3. The van der Waals surface area contributed by atoms with Crippen LogP contribution in [0.15, 0.2) is 40.8 Å². The summed E-state index contributed by atoms with van der Waals surface area (Å²) in [5.74, 6) is 0.253. The number of benzene rings is 1. The number of hydrogen-bond acceptors (Lipinski definition) is 4. The summed E-state index contributed by atoms with van der Waals surface area (Å²) in [6.45, 7) is 0. The van der Waals surface area contributed by atoms with E-state index in [4.69, 9.17) is 22.4 Å². The molecule has 0 bridgehead atoms. The molecule has 0 saturated heterocycles. The second-order valence-corrected chi connectivity index (χ2v) is 4.16. The van der Waals surface area contributed by atoms with Crippen LogP contribution in [0.2, 0.25) is 0 Å². The molecule has 1 heterocycles. The number of carbonyl (C=O) groups excluding carboxylic acids is 1. The summed E-state index contributed by atoms with van der Waals surface area (Å²) >= 11 is 4.75. The van der Waals surface area contributed by atoms with Crippen LogP contribution in [-0.2, 0) is 4.74 Å². The van der Waals surface area contributed by atoms with Crippen molar-refractivity contribution < 1.29 is 13.9 Å². The molecular formula is C13H12N2O3S. The number of nitrogens with two attached hydrogens (primary N) is 1. The van der Waals surface area contributed by atoms with Crippen LogP contribution < -0.4 is 11.1 Å². The molecule has 0 atom stereocenters. The molecule has 2 rings (SSSR count). The van der Waals surface area contributed by atoms with Gasteiger partial charge in [0.25, 0.3) is 0 Å². The summed E-state index contributed by atoms with van der Waals surface area (Å²) < 4.78 is 9.98. The molecule has 0 aliphatic heterocycles. The van der Waals surface area contributed by atoms with Gasteiger partial charge in [0.1, 0.15) is 5.76 Å². The van der Waals surface area contributed by atoms with E-state index in [1.165, 1.54) is 7.11 Å². The van der Waals surface area contributed by atoms with Crippen molar-refractivity contribution in [2.45, 2.75) is 0 Å². The monoisotopic (exact) mass is 276 g/mol. The second-order valence-electron chi connectivity index (χ2n) is 3.72. The fourth-order valence-electron chi connectivity index (χ4n) is 1.56. The van der Waals surface area contributed by atoms with E-state index < -0.39 is 5.97 Å². The number of anilines is 1. The topological polar surface area (TPSA) is 77.5 Å². The molecule has 6 heteroatoms. The number of ether oxygens (including phenoxy) is 1. The Labute approximate surface area is 115 Å². The van der Waals surface area contributed by atoms with Gasteiger partial charge in [-0.05, 0) is 48.6 Å². The molecule has 98 valence electrons. The first kappa shape index (κ1) is 13.1. The van der Waals surface area contributed by atoms with Gasteiger partial charge < -0.3 is 20.2 Å². The summed E-state index contributed by atoms with van der Waals surface area (Å²) in [4.78, 5) is 11.3. The van der Waals surface area contributed by atoms with Gasteiger partial charge in [0.15, 0.2) is 5.11 Å². The maximum atomic E-state index is 11.3. The SMILES string of the molecule is COC(=O)c1ccc(-c2ccc(NC(N)=S)cc2)o1. The van der Waals surface area contributed by atoms with Crippen molar-refractivity contribution >= 4 is 29.0 Å². The Hall–Kier alpha value is -2.34. The molecule has 0 fully saturated rings. The normalized spacial score (nSPS) is 9.95. The number of thiocarbonyl (C=S) groups is 1. The Morgan fingerprint density at radius 2 is 1.95 bits per heavy atom. The van der Waals surface area contributed by atoms with Gasteiger partial charge in [-0.3, -0.25) is 0 Å². The fourth-order valence-corrected chi connectivity index (χ4v) is 1.68. The molecule has 0 aliphatic carbocycles. The molecule has 0 radical (unpaired) electrons. The first-order chi connectivity index (χ1) is 9.10. The number of nitrogens with one attached hydrogen (secondary N) is 1. The quantitative estimate of drug-likeness (QED) is 0.662. The molecule has 1 aromatic heterocycles. The summed E-state index contributed by atoms with van der Waals surface area (Å²) in [6, 6.07) is 10.6. The van der Waals surface area contributed by atoms with Crippen LogP contribution in [0.3, 0.4) is 0 Å². The lowest BCUT2D eigenvalue weighted by Crippen LogP contribution is -2.18. The molecule has 19 heavy (non-hydrogen) atoms. The molecule has 5 nitrogen and oxygen atoms in total. The van der Waals surface area contributed by atoms with Crippen LogP contribution in [0.4, 0.5) is 5.69 Å². The lowest BCUT2D eigenvalue weighted by molar-refractivity contribution is 0.0566. The first-order valence-corrected chi connectivity index (χ1v) is 5.86. The van der Waals surface area contributed by atoms with Crippen molar-refractivity contribution in [1.82, 2.24) is 0 Å². The molecular weight excluding hydrogens is 264 g/mol. The average molecular weight is 276 g/mol. The molecule has 0 unspecified atom stereocenters. The van der Waals surface area contributed by atoms with E-state index in [9.17, 15) is 4.79 Å². The molecule has 0 aliphatic rings. The summed E-state index contributed by atoms with van der Waals surface area (Å²) in [5.41, 5.74) is 7.00. The third-order valence-electron chi connectivity index (χ3n) is 2.43. The summed E-state index contributed by atoms with van der Waals surface area (Å²) in [7, 11) is 1.31. The molecule has 0 spiro atoms. The fraction of sp³-hybridized carbons (Fsp3) is 0.0769. The first-order valence-electron chi connectivity index (χ1n) is 5.45. The summed E-state index contributed by atoms with van der Waals surface area (Å²) in [6.07, 6.45) is 0. The lowest BCUT2D eigenvalue weighted by atomic mass is 10.1. The molecule has 0 amide bonds. The molecule has 0 saturated carbocycles. The van der Waals surface area contributed by atoms with E-state index in [1.807, 2.05) is 24.3 Å². The highest BCUT2D eigenvalue weighted by Gasteiger charge is 2.11. The highest BCUT2D eigenvalue weighted by Crippen LogP contribution is 2.24. The van der Waals surface area contributed by atoms with Crippen molar-refractivity contribution in [2.24, 2.45) is 5.73 Å². The average Bonchev–Trinajstić information content (AvgIpc) is 2.87. The smallest absolute Gasteiger partial charge is 0.373 e. The van der Waals surface area contributed by atoms with Crippen molar-refractivity contribution in [1.29, 1.82) is 0 Å². The Balaban J connectivity index is 2.20. The van der Waals surface area contributed by atoms with Gasteiger partial charge in [-0.1, -0.05) is 0 Å².